The van der Waals surface area contributed by atoms with Crippen LogP contribution in [0.5, 0.6) is 5.75 Å². The van der Waals surface area contributed by atoms with E-state index in [1.165, 1.54) is 0 Å². The largest absolute Gasteiger partial charge is 0.497 e. The molecule has 1 atom stereocenters. The average molecular weight is 335 g/mol. The highest BCUT2D eigenvalue weighted by Crippen LogP contribution is 2.20. The first-order chi connectivity index (χ1) is 11.1. The molecule has 0 saturated carbocycles. The van der Waals surface area contributed by atoms with Gasteiger partial charge in [0.05, 0.1) is 13.2 Å². The molecule has 0 aliphatic heterocycles. The number of nitrogens with one attached hydrogen (secondary N) is 2. The van der Waals surface area contributed by atoms with Crippen LogP contribution in [0, 0.1) is 0 Å². The molecule has 2 aromatic rings. The van der Waals surface area contributed by atoms with Gasteiger partial charge < -0.3 is 20.5 Å². The van der Waals surface area contributed by atoms with Crippen LogP contribution in [-0.4, -0.2) is 24.8 Å². The van der Waals surface area contributed by atoms with E-state index in [9.17, 15) is 9.90 Å². The summed E-state index contributed by atoms with van der Waals surface area (Å²) in [7, 11) is 1.58. The number of ether oxygens (including phenoxy) is 1. The van der Waals surface area contributed by atoms with Crippen molar-refractivity contribution in [3.63, 3.8) is 0 Å². The molecule has 0 bridgehead atoms. The number of aliphatic hydroxyl groups excluding tert-OH is 1. The van der Waals surface area contributed by atoms with Gasteiger partial charge in [-0.25, -0.2) is 4.79 Å². The summed E-state index contributed by atoms with van der Waals surface area (Å²) in [6, 6.07) is 13.7. The summed E-state index contributed by atoms with van der Waals surface area (Å²) < 4.78 is 5.05. The van der Waals surface area contributed by atoms with Crippen molar-refractivity contribution < 1.29 is 14.6 Å². The number of hydrogen-bond acceptors (Lipinski definition) is 3. The van der Waals surface area contributed by atoms with Crippen molar-refractivity contribution in [1.29, 1.82) is 0 Å². The zero-order chi connectivity index (χ0) is 16.7. The molecule has 23 heavy (non-hydrogen) atoms. The van der Waals surface area contributed by atoms with E-state index in [1.54, 1.807) is 55.6 Å². The second kappa shape index (κ2) is 8.41. The van der Waals surface area contributed by atoms with Gasteiger partial charge in [0.1, 0.15) is 5.75 Å². The second-order valence-electron chi connectivity index (χ2n) is 4.97. The van der Waals surface area contributed by atoms with Gasteiger partial charge in [-0.1, -0.05) is 23.7 Å². The maximum absolute atomic E-state index is 11.8. The molecule has 0 aliphatic rings. The Balaban J connectivity index is 1.75. The highest BCUT2D eigenvalue weighted by Gasteiger charge is 2.09. The minimum absolute atomic E-state index is 0.325. The number of carbonyl (C=O) groups excluding carboxylic acids is 1. The highest BCUT2D eigenvalue weighted by molar-refractivity contribution is 6.30. The number of urea groups is 1. The normalized spacial score (nSPS) is 11.6. The molecule has 0 unspecified atom stereocenters. The summed E-state index contributed by atoms with van der Waals surface area (Å²) in [5.41, 5.74) is 1.40. The van der Waals surface area contributed by atoms with E-state index >= 15 is 0 Å². The molecule has 122 valence electrons. The van der Waals surface area contributed by atoms with Crippen molar-refractivity contribution in [3.05, 3.63) is 59.1 Å². The van der Waals surface area contributed by atoms with E-state index in [1.807, 2.05) is 0 Å². The first kappa shape index (κ1) is 17.1. The van der Waals surface area contributed by atoms with Gasteiger partial charge in [0, 0.05) is 17.3 Å². The number of methoxy groups -OCH3 is 1. The van der Waals surface area contributed by atoms with Gasteiger partial charge in [-0.05, 0) is 48.4 Å². The Bertz CT molecular complexity index is 647. The number of aliphatic hydroxyl groups is 1. The van der Waals surface area contributed by atoms with Gasteiger partial charge in [0.2, 0.25) is 0 Å². The fraction of sp³-hybridized carbons (Fsp3) is 0.235. The molecule has 0 fully saturated rings. The summed E-state index contributed by atoms with van der Waals surface area (Å²) >= 11 is 5.89. The van der Waals surface area contributed by atoms with Gasteiger partial charge in [0.25, 0.3) is 0 Å². The van der Waals surface area contributed by atoms with E-state index in [0.29, 0.717) is 23.7 Å². The molecule has 6 heteroatoms. The smallest absolute Gasteiger partial charge is 0.319 e. The van der Waals surface area contributed by atoms with Gasteiger partial charge in [-0.3, -0.25) is 0 Å². The van der Waals surface area contributed by atoms with E-state index in [-0.39, 0.29) is 6.03 Å². The Kier molecular flexibility index (Phi) is 6.26. The van der Waals surface area contributed by atoms with Gasteiger partial charge in [0.15, 0.2) is 0 Å². The summed E-state index contributed by atoms with van der Waals surface area (Å²) in [4.78, 5) is 11.8. The van der Waals surface area contributed by atoms with Crippen molar-refractivity contribution in [1.82, 2.24) is 5.32 Å². The van der Waals surface area contributed by atoms with Crippen LogP contribution in [0.3, 0.4) is 0 Å². The third kappa shape index (κ3) is 5.47. The van der Waals surface area contributed by atoms with Crippen LogP contribution < -0.4 is 15.4 Å². The van der Waals surface area contributed by atoms with Crippen molar-refractivity contribution in [2.24, 2.45) is 0 Å². The van der Waals surface area contributed by atoms with Gasteiger partial charge in [-0.2, -0.15) is 0 Å². The lowest BCUT2D eigenvalue weighted by molar-refractivity contribution is 0.167. The molecule has 0 aromatic heterocycles. The van der Waals surface area contributed by atoms with E-state index in [0.717, 1.165) is 11.3 Å². The van der Waals surface area contributed by atoms with Gasteiger partial charge >= 0.3 is 6.03 Å². The molecule has 3 N–H and O–H groups in total. The van der Waals surface area contributed by atoms with Gasteiger partial charge in [-0.15, -0.1) is 0 Å². The molecule has 5 nitrogen and oxygen atoms in total. The Morgan fingerprint density at radius 1 is 1.26 bits per heavy atom. The molecule has 0 saturated heterocycles. The zero-order valence-corrected chi connectivity index (χ0v) is 13.5. The van der Waals surface area contributed by atoms with Crippen LogP contribution in [0.1, 0.15) is 18.1 Å². The van der Waals surface area contributed by atoms with E-state index in [2.05, 4.69) is 10.6 Å². The zero-order valence-electron chi connectivity index (χ0n) is 12.8. The topological polar surface area (TPSA) is 70.6 Å². The molecular formula is C17H19ClN2O3. The fourth-order valence-electron chi connectivity index (χ4n) is 2.05. The maximum Gasteiger partial charge on any atom is 0.319 e. The number of halogens is 1. The first-order valence-electron chi connectivity index (χ1n) is 7.21. The van der Waals surface area contributed by atoms with Crippen LogP contribution in [-0.2, 0) is 0 Å². The lowest BCUT2D eigenvalue weighted by atomic mass is 10.1. The van der Waals surface area contributed by atoms with Crippen LogP contribution >= 0.6 is 11.6 Å². The van der Waals surface area contributed by atoms with Crippen LogP contribution in [0.2, 0.25) is 5.02 Å². The van der Waals surface area contributed by atoms with Crippen LogP contribution in [0.15, 0.2) is 48.5 Å². The van der Waals surface area contributed by atoms with Crippen molar-refractivity contribution >= 4 is 23.3 Å². The van der Waals surface area contributed by atoms with Crippen molar-refractivity contribution in [2.75, 3.05) is 19.0 Å². The molecule has 2 aromatic carbocycles. The van der Waals surface area contributed by atoms with E-state index in [4.69, 9.17) is 16.3 Å². The quantitative estimate of drug-likeness (QED) is 0.756. The predicted molar refractivity (Wildman–Crippen MR) is 91.0 cm³/mol. The Morgan fingerprint density at radius 2 is 2.00 bits per heavy atom. The summed E-state index contributed by atoms with van der Waals surface area (Å²) in [6.45, 7) is 0.343. The molecule has 2 rings (SSSR count). The molecular weight excluding hydrogens is 316 g/mol. The number of amides is 2. The Labute approximate surface area is 140 Å². The highest BCUT2D eigenvalue weighted by atomic mass is 35.5. The van der Waals surface area contributed by atoms with Crippen LogP contribution in [0.25, 0.3) is 0 Å². The van der Waals surface area contributed by atoms with Crippen molar-refractivity contribution in [2.45, 2.75) is 12.5 Å². The minimum atomic E-state index is -0.671. The second-order valence-corrected chi connectivity index (χ2v) is 5.41. The lowest BCUT2D eigenvalue weighted by Gasteiger charge is -2.12. The number of rotatable bonds is 6. The number of anilines is 1. The fourth-order valence-corrected chi connectivity index (χ4v) is 2.25. The summed E-state index contributed by atoms with van der Waals surface area (Å²) in [6.07, 6.45) is -0.272. The molecule has 0 aliphatic carbocycles. The maximum atomic E-state index is 11.8. The molecule has 0 spiro atoms. The first-order valence-corrected chi connectivity index (χ1v) is 7.58. The Hall–Kier alpha value is -2.24. The predicted octanol–water partition coefficient (Wildman–Crippen LogP) is 3.59. The lowest BCUT2D eigenvalue weighted by Crippen LogP contribution is -2.30. The monoisotopic (exact) mass is 334 g/mol. The third-order valence-corrected chi connectivity index (χ3v) is 3.52. The van der Waals surface area contributed by atoms with Crippen LogP contribution in [0.4, 0.5) is 10.5 Å². The molecule has 2 amide bonds. The standard InChI is InChI=1S/C17H19ClN2O3/c1-23-15-7-5-14(6-8-15)20-17(22)19-10-9-16(21)12-3-2-4-13(18)11-12/h2-8,11,16,21H,9-10H2,1H3,(H2,19,20,22)/t16-/m0/s1. The van der Waals surface area contributed by atoms with E-state index < -0.39 is 6.10 Å². The number of hydrogen-bond donors (Lipinski definition) is 3. The number of carbonyl (C=O) groups is 1. The third-order valence-electron chi connectivity index (χ3n) is 3.28. The number of benzene rings is 2. The average Bonchev–Trinajstić information content (AvgIpc) is 2.55. The molecule has 0 heterocycles. The molecule has 0 radical (unpaired) electrons. The Morgan fingerprint density at radius 3 is 2.65 bits per heavy atom. The van der Waals surface area contributed by atoms with Crippen molar-refractivity contribution in [3.8, 4) is 5.75 Å². The SMILES string of the molecule is COc1ccc(NC(=O)NCC[C@H](O)c2cccc(Cl)c2)cc1. The summed E-state index contributed by atoms with van der Waals surface area (Å²) in [5, 5.41) is 16.0. The minimum Gasteiger partial charge on any atom is -0.497 e. The summed E-state index contributed by atoms with van der Waals surface area (Å²) in [5.74, 6) is 0.723.